The molecule has 166 valence electrons. The molecule has 0 amide bonds. The van der Waals surface area contributed by atoms with Crippen molar-refractivity contribution in [2.24, 2.45) is 4.99 Å². The van der Waals surface area contributed by atoms with Crippen LogP contribution < -0.4 is 16.2 Å². The van der Waals surface area contributed by atoms with Gasteiger partial charge in [-0.3, -0.25) is 14.7 Å². The van der Waals surface area contributed by atoms with Gasteiger partial charge in [-0.15, -0.1) is 24.0 Å². The highest BCUT2D eigenvalue weighted by molar-refractivity contribution is 14.0. The molecule has 0 bridgehead atoms. The summed E-state index contributed by atoms with van der Waals surface area (Å²) < 4.78 is 1.85. The molecule has 7 heteroatoms. The maximum absolute atomic E-state index is 11.9. The molecule has 2 N–H and O–H groups in total. The van der Waals surface area contributed by atoms with Crippen LogP contribution in [0.5, 0.6) is 0 Å². The quantitative estimate of drug-likeness (QED) is 0.228. The largest absolute Gasteiger partial charge is 0.357 e. The highest BCUT2D eigenvalue weighted by Crippen LogP contribution is 2.20. The number of aliphatic imine (C=N–C) groups is 1. The van der Waals surface area contributed by atoms with Crippen LogP contribution in [0.4, 0.5) is 0 Å². The van der Waals surface area contributed by atoms with Crippen molar-refractivity contribution in [1.29, 1.82) is 0 Å². The lowest BCUT2D eigenvalue weighted by Gasteiger charge is -2.40. The number of rotatable bonds is 9. The normalized spacial score (nSPS) is 15.7. The van der Waals surface area contributed by atoms with Crippen LogP contribution in [0.15, 0.2) is 28.0 Å². The number of unbranched alkanes of at least 4 members (excludes halogenated alkanes) is 1. The maximum atomic E-state index is 11.9. The molecule has 1 aliphatic rings. The number of halogens is 1. The number of hydrogen-bond donors (Lipinski definition) is 2. The van der Waals surface area contributed by atoms with Crippen LogP contribution in [0.3, 0.4) is 0 Å². The Morgan fingerprint density at radius 3 is 2.52 bits per heavy atom. The van der Waals surface area contributed by atoms with Crippen LogP contribution >= 0.6 is 24.0 Å². The molecule has 0 aromatic carbocycles. The Labute approximate surface area is 193 Å². The van der Waals surface area contributed by atoms with E-state index < -0.39 is 0 Å². The summed E-state index contributed by atoms with van der Waals surface area (Å²) in [7, 11) is 0. The van der Waals surface area contributed by atoms with Gasteiger partial charge in [-0.1, -0.05) is 12.5 Å². The minimum Gasteiger partial charge on any atom is -0.357 e. The standard InChI is InChI=1S/C22H39N5O.HI/c1-5-23-21(25-18-22(3,4)26-15-8-6-9-16-26)24-14-7-10-17-27-19(2)12-11-13-20(27)28;/h11-13H,5-10,14-18H2,1-4H3,(H2,23,24,25);1H. The van der Waals surface area contributed by atoms with Crippen molar-refractivity contribution in [1.82, 2.24) is 20.1 Å². The van der Waals surface area contributed by atoms with Gasteiger partial charge in [-0.2, -0.15) is 0 Å². The van der Waals surface area contributed by atoms with E-state index in [0.29, 0.717) is 0 Å². The fourth-order valence-corrected chi connectivity index (χ4v) is 3.73. The highest BCUT2D eigenvalue weighted by atomic mass is 127. The van der Waals surface area contributed by atoms with Crippen molar-refractivity contribution in [2.45, 2.75) is 71.9 Å². The Kier molecular flexibility index (Phi) is 11.9. The molecule has 1 aliphatic heterocycles. The van der Waals surface area contributed by atoms with Crippen molar-refractivity contribution in [3.63, 3.8) is 0 Å². The lowest BCUT2D eigenvalue weighted by atomic mass is 9.99. The zero-order chi connectivity index (χ0) is 20.4. The molecule has 0 unspecified atom stereocenters. The van der Waals surface area contributed by atoms with Crippen LogP contribution in [0.2, 0.25) is 0 Å². The van der Waals surface area contributed by atoms with Gasteiger partial charge >= 0.3 is 0 Å². The van der Waals surface area contributed by atoms with Crippen LogP contribution in [0.1, 0.15) is 58.6 Å². The van der Waals surface area contributed by atoms with Crippen molar-refractivity contribution >= 4 is 29.9 Å². The van der Waals surface area contributed by atoms with E-state index in [4.69, 9.17) is 4.99 Å². The van der Waals surface area contributed by atoms with E-state index in [-0.39, 0.29) is 35.1 Å². The first-order valence-electron chi connectivity index (χ1n) is 10.9. The molecule has 1 aromatic rings. The average Bonchev–Trinajstić information content (AvgIpc) is 2.68. The van der Waals surface area contributed by atoms with E-state index in [2.05, 4.69) is 36.3 Å². The van der Waals surface area contributed by atoms with E-state index in [1.54, 1.807) is 6.07 Å². The lowest BCUT2D eigenvalue weighted by molar-refractivity contribution is 0.102. The van der Waals surface area contributed by atoms with Crippen LogP contribution in [-0.4, -0.2) is 53.7 Å². The number of pyridine rings is 1. The summed E-state index contributed by atoms with van der Waals surface area (Å²) in [6.45, 7) is 14.3. The maximum Gasteiger partial charge on any atom is 0.250 e. The number of nitrogens with zero attached hydrogens (tertiary/aromatic N) is 3. The number of piperidine rings is 1. The molecule has 1 fully saturated rings. The predicted octanol–water partition coefficient (Wildman–Crippen LogP) is 3.37. The average molecular weight is 518 g/mol. The first-order valence-corrected chi connectivity index (χ1v) is 10.9. The number of hydrogen-bond acceptors (Lipinski definition) is 3. The minimum atomic E-state index is 0. The monoisotopic (exact) mass is 517 g/mol. The fraction of sp³-hybridized carbons (Fsp3) is 0.727. The zero-order valence-electron chi connectivity index (χ0n) is 18.7. The third-order valence-corrected chi connectivity index (χ3v) is 5.55. The van der Waals surface area contributed by atoms with Gasteiger partial charge in [0.2, 0.25) is 0 Å². The summed E-state index contributed by atoms with van der Waals surface area (Å²) in [6, 6.07) is 5.44. The highest BCUT2D eigenvalue weighted by Gasteiger charge is 2.27. The van der Waals surface area contributed by atoms with Crippen LogP contribution in [0.25, 0.3) is 0 Å². The predicted molar refractivity (Wildman–Crippen MR) is 134 cm³/mol. The van der Waals surface area contributed by atoms with Gasteiger partial charge < -0.3 is 15.2 Å². The van der Waals surface area contributed by atoms with Crippen molar-refractivity contribution < 1.29 is 0 Å². The summed E-state index contributed by atoms with van der Waals surface area (Å²) in [6.07, 6.45) is 5.93. The van der Waals surface area contributed by atoms with Gasteiger partial charge in [0.05, 0.1) is 6.54 Å². The molecule has 2 heterocycles. The smallest absolute Gasteiger partial charge is 0.250 e. The summed E-state index contributed by atoms with van der Waals surface area (Å²) in [5.74, 6) is 0.889. The second-order valence-corrected chi connectivity index (χ2v) is 8.35. The van der Waals surface area contributed by atoms with Gasteiger partial charge in [-0.05, 0) is 72.5 Å². The Morgan fingerprint density at radius 1 is 1.14 bits per heavy atom. The number of aryl methyl sites for hydroxylation is 1. The minimum absolute atomic E-state index is 0. The van der Waals surface area contributed by atoms with E-state index in [9.17, 15) is 4.79 Å². The zero-order valence-corrected chi connectivity index (χ0v) is 21.0. The van der Waals surface area contributed by atoms with E-state index in [0.717, 1.165) is 50.7 Å². The van der Waals surface area contributed by atoms with Gasteiger partial charge in [0.1, 0.15) is 0 Å². The first kappa shape index (κ1) is 25.9. The summed E-state index contributed by atoms with van der Waals surface area (Å²) >= 11 is 0. The fourth-order valence-electron chi connectivity index (χ4n) is 3.73. The second kappa shape index (κ2) is 13.3. The van der Waals surface area contributed by atoms with E-state index in [1.165, 1.54) is 32.4 Å². The van der Waals surface area contributed by atoms with Gasteiger partial charge in [0, 0.05) is 36.9 Å². The molecular formula is C22H40IN5O. The topological polar surface area (TPSA) is 61.7 Å². The van der Waals surface area contributed by atoms with Crippen molar-refractivity contribution in [3.8, 4) is 0 Å². The van der Waals surface area contributed by atoms with Crippen molar-refractivity contribution in [2.75, 3.05) is 32.7 Å². The molecule has 0 radical (unpaired) electrons. The van der Waals surface area contributed by atoms with Gasteiger partial charge in [0.25, 0.3) is 5.56 Å². The molecule has 1 saturated heterocycles. The lowest BCUT2D eigenvalue weighted by Crippen LogP contribution is -2.49. The molecule has 6 nitrogen and oxygen atoms in total. The first-order chi connectivity index (χ1) is 13.4. The Hall–Kier alpha value is -1.09. The Morgan fingerprint density at radius 2 is 1.86 bits per heavy atom. The van der Waals surface area contributed by atoms with Gasteiger partial charge in [-0.25, -0.2) is 0 Å². The van der Waals surface area contributed by atoms with Crippen LogP contribution in [0, 0.1) is 6.92 Å². The molecule has 0 saturated carbocycles. The number of aromatic nitrogens is 1. The number of likely N-dealkylation sites (tertiary alicyclic amines) is 1. The van der Waals surface area contributed by atoms with Gasteiger partial charge in [0.15, 0.2) is 5.96 Å². The summed E-state index contributed by atoms with van der Waals surface area (Å²) in [4.78, 5) is 19.3. The number of guanidine groups is 1. The molecule has 1 aromatic heterocycles. The van der Waals surface area contributed by atoms with Crippen LogP contribution in [-0.2, 0) is 6.54 Å². The SMILES string of the molecule is CCNC(=NCC(C)(C)N1CCCCC1)NCCCCn1c(C)cccc1=O.I. The molecule has 2 rings (SSSR count). The third kappa shape index (κ3) is 8.66. The number of nitrogens with one attached hydrogen (secondary N) is 2. The van der Waals surface area contributed by atoms with E-state index in [1.807, 2.05) is 23.6 Å². The van der Waals surface area contributed by atoms with Crippen molar-refractivity contribution in [3.05, 3.63) is 34.2 Å². The molecule has 0 aliphatic carbocycles. The molecular weight excluding hydrogens is 477 g/mol. The molecule has 0 atom stereocenters. The Balaban J connectivity index is 0.00000420. The second-order valence-electron chi connectivity index (χ2n) is 8.35. The molecule has 0 spiro atoms. The van der Waals surface area contributed by atoms with E-state index >= 15 is 0 Å². The third-order valence-electron chi connectivity index (χ3n) is 5.55. The summed E-state index contributed by atoms with van der Waals surface area (Å²) in [5, 5.41) is 6.79. The molecule has 29 heavy (non-hydrogen) atoms. The summed E-state index contributed by atoms with van der Waals surface area (Å²) in [5.41, 5.74) is 1.20. The Bertz CT molecular complexity index is 680.